The summed E-state index contributed by atoms with van der Waals surface area (Å²) in [7, 11) is 0. The molecule has 1 heterocycles. The number of hydrogen-bond donors (Lipinski definition) is 1. The van der Waals surface area contributed by atoms with Crippen molar-refractivity contribution >= 4 is 23.2 Å². The van der Waals surface area contributed by atoms with Crippen molar-refractivity contribution in [3.05, 3.63) is 58.7 Å². The maximum Gasteiger partial charge on any atom is 0.229 e. The Hall–Kier alpha value is -2.62. The number of nitrogens with one attached hydrogen (secondary N) is 1. The minimum Gasteiger partial charge on any atom is -0.326 e. The zero-order valence-corrected chi connectivity index (χ0v) is 15.2. The van der Waals surface area contributed by atoms with Gasteiger partial charge in [0.25, 0.3) is 0 Å². The zero-order chi connectivity index (χ0) is 18.1. The van der Waals surface area contributed by atoms with Crippen LogP contribution in [0.5, 0.6) is 0 Å². The summed E-state index contributed by atoms with van der Waals surface area (Å²) in [5.74, 6) is -0.409. The minimum absolute atomic E-state index is 0.00566. The molecule has 4 heteroatoms. The number of aryl methyl sites for hydroxylation is 4. The van der Waals surface area contributed by atoms with Gasteiger partial charge in [0.15, 0.2) is 0 Å². The molecule has 0 unspecified atom stereocenters. The molecule has 4 nitrogen and oxygen atoms in total. The van der Waals surface area contributed by atoms with E-state index in [0.29, 0.717) is 6.54 Å². The molecule has 0 bridgehead atoms. The van der Waals surface area contributed by atoms with Gasteiger partial charge in [-0.05, 0) is 68.1 Å². The number of carbonyl (C=O) groups excluding carboxylic acids is 2. The van der Waals surface area contributed by atoms with Gasteiger partial charge >= 0.3 is 0 Å². The number of hydrogen-bond acceptors (Lipinski definition) is 2. The van der Waals surface area contributed by atoms with Gasteiger partial charge in [-0.25, -0.2) is 0 Å². The molecule has 1 aliphatic heterocycles. The van der Waals surface area contributed by atoms with Crippen LogP contribution in [-0.4, -0.2) is 18.4 Å². The second-order valence-corrected chi connectivity index (χ2v) is 7.06. The Morgan fingerprint density at radius 3 is 2.36 bits per heavy atom. The molecule has 0 saturated carbocycles. The third kappa shape index (κ3) is 3.73. The van der Waals surface area contributed by atoms with Crippen molar-refractivity contribution in [1.82, 2.24) is 0 Å². The fraction of sp³-hybridized carbons (Fsp3) is 0.333. The molecule has 2 aromatic carbocycles. The maximum absolute atomic E-state index is 12.6. The van der Waals surface area contributed by atoms with Crippen LogP contribution in [-0.2, 0) is 9.59 Å². The first-order valence-electron chi connectivity index (χ1n) is 8.60. The normalized spacial score (nSPS) is 17.0. The first-order valence-corrected chi connectivity index (χ1v) is 8.60. The van der Waals surface area contributed by atoms with E-state index in [1.54, 1.807) is 4.90 Å². The van der Waals surface area contributed by atoms with Crippen LogP contribution in [0, 0.1) is 33.6 Å². The summed E-state index contributed by atoms with van der Waals surface area (Å²) in [5, 5.41) is 2.99. The van der Waals surface area contributed by atoms with Crippen LogP contribution in [0.3, 0.4) is 0 Å². The molecule has 2 aromatic rings. The van der Waals surface area contributed by atoms with Crippen LogP contribution in [0.2, 0.25) is 0 Å². The Morgan fingerprint density at radius 1 is 1.00 bits per heavy atom. The van der Waals surface area contributed by atoms with E-state index < -0.39 is 0 Å². The smallest absolute Gasteiger partial charge is 0.229 e. The second-order valence-electron chi connectivity index (χ2n) is 7.06. The summed E-state index contributed by atoms with van der Waals surface area (Å²) in [4.78, 5) is 26.8. The standard InChI is InChI=1S/C21H24N2O2/c1-13-5-6-16(4)19(10-13)22-21(25)17-11-20(24)23(12-17)18-8-14(2)7-15(3)9-18/h5-10,17H,11-12H2,1-4H3,(H,22,25)/t17-/m0/s1. The second kappa shape index (κ2) is 6.71. The average Bonchev–Trinajstić information content (AvgIpc) is 2.92. The van der Waals surface area contributed by atoms with E-state index >= 15 is 0 Å². The van der Waals surface area contributed by atoms with Crippen LogP contribution in [0.1, 0.15) is 28.7 Å². The SMILES string of the molecule is Cc1cc(C)cc(N2C[C@@H](C(=O)Nc3cc(C)ccc3C)CC2=O)c1. The summed E-state index contributed by atoms with van der Waals surface area (Å²) < 4.78 is 0. The van der Waals surface area contributed by atoms with E-state index in [0.717, 1.165) is 33.6 Å². The predicted octanol–water partition coefficient (Wildman–Crippen LogP) is 3.91. The van der Waals surface area contributed by atoms with Crippen molar-refractivity contribution < 1.29 is 9.59 Å². The third-order valence-corrected chi connectivity index (χ3v) is 4.66. The van der Waals surface area contributed by atoms with Crippen LogP contribution in [0.4, 0.5) is 11.4 Å². The Kier molecular flexibility index (Phi) is 4.62. The molecule has 1 atom stereocenters. The first-order chi connectivity index (χ1) is 11.8. The van der Waals surface area contributed by atoms with Gasteiger partial charge in [0.05, 0.1) is 5.92 Å². The molecule has 1 aliphatic rings. The molecule has 0 radical (unpaired) electrons. The van der Waals surface area contributed by atoms with Gasteiger partial charge in [-0.2, -0.15) is 0 Å². The minimum atomic E-state index is -0.326. The molecular weight excluding hydrogens is 312 g/mol. The maximum atomic E-state index is 12.6. The topological polar surface area (TPSA) is 49.4 Å². The lowest BCUT2D eigenvalue weighted by atomic mass is 10.1. The number of carbonyl (C=O) groups is 2. The summed E-state index contributed by atoms with van der Waals surface area (Å²) in [6, 6.07) is 12.0. The predicted molar refractivity (Wildman–Crippen MR) is 101 cm³/mol. The fourth-order valence-electron chi connectivity index (χ4n) is 3.34. The number of amides is 2. The molecule has 0 spiro atoms. The molecular formula is C21H24N2O2. The van der Waals surface area contributed by atoms with Crippen molar-refractivity contribution in [3.63, 3.8) is 0 Å². The number of nitrogens with zero attached hydrogens (tertiary/aromatic N) is 1. The molecule has 130 valence electrons. The van der Waals surface area contributed by atoms with E-state index in [2.05, 4.69) is 11.4 Å². The lowest BCUT2D eigenvalue weighted by molar-refractivity contribution is -0.122. The van der Waals surface area contributed by atoms with E-state index in [1.165, 1.54) is 0 Å². The van der Waals surface area contributed by atoms with E-state index in [-0.39, 0.29) is 24.2 Å². The monoisotopic (exact) mass is 336 g/mol. The Labute approximate surface area is 148 Å². The summed E-state index contributed by atoms with van der Waals surface area (Å²) in [6.45, 7) is 8.43. The third-order valence-electron chi connectivity index (χ3n) is 4.66. The van der Waals surface area contributed by atoms with Crippen molar-refractivity contribution in [3.8, 4) is 0 Å². The first kappa shape index (κ1) is 17.2. The van der Waals surface area contributed by atoms with Crippen LogP contribution in [0.25, 0.3) is 0 Å². The van der Waals surface area contributed by atoms with Gasteiger partial charge in [-0.15, -0.1) is 0 Å². The Morgan fingerprint density at radius 2 is 1.68 bits per heavy atom. The molecule has 0 aliphatic carbocycles. The molecule has 2 amide bonds. The Balaban J connectivity index is 1.75. The van der Waals surface area contributed by atoms with Gasteiger partial charge in [0, 0.05) is 24.3 Å². The lowest BCUT2D eigenvalue weighted by Crippen LogP contribution is -2.28. The number of rotatable bonds is 3. The van der Waals surface area contributed by atoms with E-state index in [9.17, 15) is 9.59 Å². The average molecular weight is 336 g/mol. The van der Waals surface area contributed by atoms with Crippen LogP contribution >= 0.6 is 0 Å². The van der Waals surface area contributed by atoms with Gasteiger partial charge in [-0.1, -0.05) is 18.2 Å². The highest BCUT2D eigenvalue weighted by Crippen LogP contribution is 2.28. The zero-order valence-electron chi connectivity index (χ0n) is 15.2. The summed E-state index contributed by atoms with van der Waals surface area (Å²) >= 11 is 0. The largest absolute Gasteiger partial charge is 0.326 e. The Bertz CT molecular complexity index is 822. The highest BCUT2D eigenvalue weighted by molar-refractivity contribution is 6.03. The van der Waals surface area contributed by atoms with Gasteiger partial charge in [-0.3, -0.25) is 9.59 Å². The van der Waals surface area contributed by atoms with Crippen molar-refractivity contribution in [1.29, 1.82) is 0 Å². The molecule has 3 rings (SSSR count). The van der Waals surface area contributed by atoms with Crippen LogP contribution < -0.4 is 10.2 Å². The van der Waals surface area contributed by atoms with Crippen molar-refractivity contribution in [2.24, 2.45) is 5.92 Å². The van der Waals surface area contributed by atoms with Gasteiger partial charge in [0.2, 0.25) is 11.8 Å². The van der Waals surface area contributed by atoms with Crippen LogP contribution in [0.15, 0.2) is 36.4 Å². The molecule has 1 N–H and O–H groups in total. The fourth-order valence-corrected chi connectivity index (χ4v) is 3.34. The number of anilines is 2. The highest BCUT2D eigenvalue weighted by Gasteiger charge is 2.35. The highest BCUT2D eigenvalue weighted by atomic mass is 16.2. The quantitative estimate of drug-likeness (QED) is 0.924. The summed E-state index contributed by atoms with van der Waals surface area (Å²) in [5.41, 5.74) is 6.05. The molecule has 1 saturated heterocycles. The van der Waals surface area contributed by atoms with Gasteiger partial charge in [0.1, 0.15) is 0 Å². The van der Waals surface area contributed by atoms with Crippen molar-refractivity contribution in [2.75, 3.05) is 16.8 Å². The summed E-state index contributed by atoms with van der Waals surface area (Å²) in [6.07, 6.45) is 0.254. The number of benzene rings is 2. The van der Waals surface area contributed by atoms with Gasteiger partial charge < -0.3 is 10.2 Å². The molecule has 0 aromatic heterocycles. The van der Waals surface area contributed by atoms with E-state index in [4.69, 9.17) is 0 Å². The van der Waals surface area contributed by atoms with E-state index in [1.807, 2.05) is 58.0 Å². The molecule has 1 fully saturated rings. The van der Waals surface area contributed by atoms with Crippen molar-refractivity contribution in [2.45, 2.75) is 34.1 Å². The molecule has 25 heavy (non-hydrogen) atoms. The lowest BCUT2D eigenvalue weighted by Gasteiger charge is -2.18.